The van der Waals surface area contributed by atoms with Crippen molar-refractivity contribution in [1.82, 2.24) is 5.32 Å². The number of allylic oxidation sites excluding steroid dienone is 4. The second-order valence-electron chi connectivity index (χ2n) is 12.6. The van der Waals surface area contributed by atoms with Crippen molar-refractivity contribution >= 4 is 16.3 Å². The molecule has 0 aromatic carbocycles. The summed E-state index contributed by atoms with van der Waals surface area (Å²) in [5.74, 6) is -0.693. The van der Waals surface area contributed by atoms with E-state index < -0.39 is 78.5 Å². The van der Waals surface area contributed by atoms with Crippen LogP contribution in [0.15, 0.2) is 24.3 Å². The van der Waals surface area contributed by atoms with Gasteiger partial charge in [-0.3, -0.25) is 9.35 Å². The minimum atomic E-state index is -5.09. The summed E-state index contributed by atoms with van der Waals surface area (Å²) in [4.78, 5) is 12.8. The van der Waals surface area contributed by atoms with Crippen LogP contribution in [0.5, 0.6) is 0 Å². The first-order chi connectivity index (χ1) is 22.9. The minimum absolute atomic E-state index is 0.245. The number of hydrogen-bond acceptors (Lipinski definition) is 11. The van der Waals surface area contributed by atoms with Gasteiger partial charge in [0.25, 0.3) is 0 Å². The molecule has 1 saturated heterocycles. The standard InChI is InChI=1S/C34H63NO12S/c1-3-5-7-8-9-10-11-12-13-14-15-16-17-18-19-21-23-28(38)33(41)35-26(27(37)22-20-6-4-2)25-45-34-31(40)32(47-48(42,43)44)30(39)29(24-36)46-34/h9-10,12-13,26-32,34,36-40H,3-8,11,14-25H2,1-2H3,(H,35,41)(H,42,43,44)/b10-9-,13-12-. The van der Waals surface area contributed by atoms with E-state index in [2.05, 4.69) is 40.7 Å². The quantitative estimate of drug-likeness (QED) is 0.0353. The predicted molar refractivity (Wildman–Crippen MR) is 182 cm³/mol. The van der Waals surface area contributed by atoms with Crippen LogP contribution < -0.4 is 5.32 Å². The Balaban J connectivity index is 2.51. The molecule has 1 aliphatic rings. The molecule has 8 atom stereocenters. The first kappa shape index (κ1) is 44.6. The zero-order valence-corrected chi connectivity index (χ0v) is 29.7. The number of unbranched alkanes of at least 4 members (excludes halogenated alkanes) is 11. The lowest BCUT2D eigenvalue weighted by atomic mass is 9.99. The molecule has 1 rings (SSSR count). The van der Waals surface area contributed by atoms with Crippen LogP contribution in [0.2, 0.25) is 0 Å². The van der Waals surface area contributed by atoms with Gasteiger partial charge >= 0.3 is 10.4 Å². The smallest absolute Gasteiger partial charge is 0.394 e. The monoisotopic (exact) mass is 709 g/mol. The molecule has 8 unspecified atom stereocenters. The van der Waals surface area contributed by atoms with Gasteiger partial charge in [0.1, 0.15) is 30.5 Å². The van der Waals surface area contributed by atoms with Crippen molar-refractivity contribution in [3.05, 3.63) is 24.3 Å². The van der Waals surface area contributed by atoms with Gasteiger partial charge in [-0.1, -0.05) is 102 Å². The summed E-state index contributed by atoms with van der Waals surface area (Å²) in [6.45, 7) is 2.99. The summed E-state index contributed by atoms with van der Waals surface area (Å²) < 4.78 is 46.9. The molecule has 0 aromatic rings. The van der Waals surface area contributed by atoms with Crippen LogP contribution in [0.3, 0.4) is 0 Å². The fourth-order valence-corrected chi connectivity index (χ4v) is 5.94. The van der Waals surface area contributed by atoms with E-state index in [0.717, 1.165) is 64.2 Å². The number of rotatable bonds is 28. The van der Waals surface area contributed by atoms with Crippen LogP contribution in [0.1, 0.15) is 123 Å². The molecule has 282 valence electrons. The van der Waals surface area contributed by atoms with Crippen molar-refractivity contribution in [3.8, 4) is 0 Å². The van der Waals surface area contributed by atoms with E-state index in [1.54, 1.807) is 0 Å². The lowest BCUT2D eigenvalue weighted by Gasteiger charge is -2.41. The van der Waals surface area contributed by atoms with Gasteiger partial charge in [0.05, 0.1) is 25.4 Å². The Kier molecular flexibility index (Phi) is 24.5. The van der Waals surface area contributed by atoms with Gasteiger partial charge in [-0.25, -0.2) is 4.18 Å². The second-order valence-corrected chi connectivity index (χ2v) is 13.6. The Bertz CT molecular complexity index is 995. The Hall–Kier alpha value is -1.46. The fourth-order valence-electron chi connectivity index (χ4n) is 5.43. The van der Waals surface area contributed by atoms with Gasteiger partial charge in [-0.15, -0.1) is 0 Å². The van der Waals surface area contributed by atoms with Gasteiger partial charge in [0, 0.05) is 0 Å². The maximum absolute atomic E-state index is 12.8. The number of ether oxygens (including phenoxy) is 2. The second kappa shape index (κ2) is 26.4. The van der Waals surface area contributed by atoms with Crippen LogP contribution in [-0.4, -0.2) is 107 Å². The van der Waals surface area contributed by atoms with E-state index >= 15 is 0 Å². The van der Waals surface area contributed by atoms with Crippen LogP contribution in [0.25, 0.3) is 0 Å². The molecule has 14 heteroatoms. The lowest BCUT2D eigenvalue weighted by Crippen LogP contribution is -2.61. The molecule has 48 heavy (non-hydrogen) atoms. The van der Waals surface area contributed by atoms with Crippen molar-refractivity contribution < 1.29 is 57.0 Å². The summed E-state index contributed by atoms with van der Waals surface area (Å²) in [7, 11) is -5.09. The number of aliphatic hydroxyl groups excluding tert-OH is 5. The highest BCUT2D eigenvalue weighted by Crippen LogP contribution is 2.26. The summed E-state index contributed by atoms with van der Waals surface area (Å²) in [6.07, 6.45) is 13.6. The number of carbonyl (C=O) groups is 1. The molecular weight excluding hydrogens is 646 g/mol. The lowest BCUT2D eigenvalue weighted by molar-refractivity contribution is -0.298. The molecule has 0 aromatic heterocycles. The Morgan fingerprint density at radius 3 is 2.00 bits per heavy atom. The van der Waals surface area contributed by atoms with Crippen molar-refractivity contribution in [3.63, 3.8) is 0 Å². The Morgan fingerprint density at radius 1 is 0.833 bits per heavy atom. The van der Waals surface area contributed by atoms with E-state index in [1.165, 1.54) is 19.3 Å². The molecule has 1 fully saturated rings. The molecule has 0 bridgehead atoms. The number of amides is 1. The van der Waals surface area contributed by atoms with E-state index in [0.29, 0.717) is 19.3 Å². The van der Waals surface area contributed by atoms with Crippen LogP contribution in [-0.2, 0) is 28.9 Å². The third-order valence-electron chi connectivity index (χ3n) is 8.37. The molecular formula is C34H63NO12S. The first-order valence-electron chi connectivity index (χ1n) is 17.8. The third kappa shape index (κ3) is 19.7. The average Bonchev–Trinajstić information content (AvgIpc) is 3.04. The van der Waals surface area contributed by atoms with Crippen molar-refractivity contribution in [2.45, 2.75) is 172 Å². The normalized spacial score (nSPS) is 23.9. The summed E-state index contributed by atoms with van der Waals surface area (Å²) in [5, 5.41) is 54.3. The van der Waals surface area contributed by atoms with Gasteiger partial charge in [0.2, 0.25) is 5.91 Å². The molecule has 1 aliphatic heterocycles. The highest BCUT2D eigenvalue weighted by atomic mass is 32.3. The van der Waals surface area contributed by atoms with Gasteiger partial charge < -0.3 is 40.3 Å². The van der Waals surface area contributed by atoms with E-state index in [-0.39, 0.29) is 6.42 Å². The van der Waals surface area contributed by atoms with Gasteiger partial charge in [-0.05, 0) is 44.9 Å². The Labute approximate surface area is 287 Å². The number of nitrogens with one attached hydrogen (secondary N) is 1. The topological polar surface area (TPSA) is 212 Å². The molecule has 1 amide bonds. The predicted octanol–water partition coefficient (Wildman–Crippen LogP) is 3.62. The van der Waals surface area contributed by atoms with Crippen molar-refractivity contribution in [2.75, 3.05) is 13.2 Å². The van der Waals surface area contributed by atoms with Gasteiger partial charge in [-0.2, -0.15) is 8.42 Å². The summed E-state index contributed by atoms with van der Waals surface area (Å²) in [6, 6.07) is -1.03. The Morgan fingerprint density at radius 2 is 1.40 bits per heavy atom. The molecule has 0 radical (unpaired) electrons. The molecule has 0 aliphatic carbocycles. The van der Waals surface area contributed by atoms with E-state index in [1.807, 2.05) is 6.92 Å². The first-order valence-corrected chi connectivity index (χ1v) is 19.2. The minimum Gasteiger partial charge on any atom is -0.394 e. The van der Waals surface area contributed by atoms with E-state index in [9.17, 15) is 38.7 Å². The SMILES string of the molecule is CCCCC/C=C\C/C=C\CCCCCCCCC(O)C(=O)NC(COC1OC(CO)C(O)C(OS(=O)(=O)O)C1O)C(O)CCCCC. The molecule has 1 heterocycles. The summed E-state index contributed by atoms with van der Waals surface area (Å²) >= 11 is 0. The van der Waals surface area contributed by atoms with Crippen LogP contribution in [0, 0.1) is 0 Å². The largest absolute Gasteiger partial charge is 0.397 e. The molecule has 7 N–H and O–H groups in total. The maximum Gasteiger partial charge on any atom is 0.397 e. The van der Waals surface area contributed by atoms with Crippen molar-refractivity contribution in [1.29, 1.82) is 0 Å². The number of hydrogen-bond donors (Lipinski definition) is 7. The van der Waals surface area contributed by atoms with Crippen LogP contribution in [0.4, 0.5) is 0 Å². The van der Waals surface area contributed by atoms with Crippen molar-refractivity contribution in [2.24, 2.45) is 0 Å². The van der Waals surface area contributed by atoms with Gasteiger partial charge in [0.15, 0.2) is 6.29 Å². The molecule has 13 nitrogen and oxygen atoms in total. The zero-order chi connectivity index (χ0) is 35.8. The molecule has 0 spiro atoms. The zero-order valence-electron chi connectivity index (χ0n) is 28.9. The third-order valence-corrected chi connectivity index (χ3v) is 8.84. The fraction of sp³-hybridized carbons (Fsp3) is 0.853. The number of aliphatic hydroxyl groups is 5. The molecule has 0 saturated carbocycles. The van der Waals surface area contributed by atoms with E-state index in [4.69, 9.17) is 14.0 Å². The summed E-state index contributed by atoms with van der Waals surface area (Å²) in [5.41, 5.74) is 0. The van der Waals surface area contributed by atoms with Crippen LogP contribution >= 0.6 is 0 Å². The highest BCUT2D eigenvalue weighted by Gasteiger charge is 2.48. The number of carbonyl (C=O) groups excluding carboxylic acids is 1. The average molecular weight is 710 g/mol. The highest BCUT2D eigenvalue weighted by molar-refractivity contribution is 7.80. The maximum atomic E-state index is 12.8.